The second kappa shape index (κ2) is 8.61. The number of aromatic nitrogens is 2. The van der Waals surface area contributed by atoms with Crippen molar-refractivity contribution < 1.29 is 14.3 Å². The van der Waals surface area contributed by atoms with E-state index in [1.54, 1.807) is 4.90 Å². The van der Waals surface area contributed by atoms with Crippen molar-refractivity contribution in [3.05, 3.63) is 66.1 Å². The minimum atomic E-state index is -0.138. The highest BCUT2D eigenvalue weighted by molar-refractivity contribution is 6.08. The zero-order valence-corrected chi connectivity index (χ0v) is 18.9. The van der Waals surface area contributed by atoms with Crippen LogP contribution in [-0.2, 0) is 16.1 Å². The summed E-state index contributed by atoms with van der Waals surface area (Å²) in [7, 11) is 0. The molecule has 1 aromatic heterocycles. The maximum Gasteiger partial charge on any atom is 0.294 e. The summed E-state index contributed by atoms with van der Waals surface area (Å²) in [5.74, 6) is 1.68. The van der Waals surface area contributed by atoms with E-state index < -0.39 is 0 Å². The number of benzene rings is 2. The number of piperazine rings is 1. The molecule has 8 heteroatoms. The van der Waals surface area contributed by atoms with E-state index in [0.717, 1.165) is 29.7 Å². The molecule has 1 aliphatic carbocycles. The Morgan fingerprint density at radius 3 is 2.71 bits per heavy atom. The first-order valence-electron chi connectivity index (χ1n) is 11.9. The Morgan fingerprint density at radius 2 is 1.91 bits per heavy atom. The SMILES string of the molecule is O=C1CN(CCn2ncc3cc(N4CC=C(Oc5ccc(C6CC6)cc5)C4=O)ccc32)CCN1. The number of hydrogen-bond acceptors (Lipinski definition) is 5. The van der Waals surface area contributed by atoms with E-state index in [4.69, 9.17) is 4.74 Å². The third kappa shape index (κ3) is 4.17. The Hall–Kier alpha value is -3.65. The molecule has 6 rings (SSSR count). The normalized spacial score (nSPS) is 18.9. The molecule has 3 heterocycles. The quantitative estimate of drug-likeness (QED) is 0.590. The van der Waals surface area contributed by atoms with Crippen molar-refractivity contribution in [3.63, 3.8) is 0 Å². The number of nitrogens with one attached hydrogen (secondary N) is 1. The molecular formula is C26H27N5O3. The van der Waals surface area contributed by atoms with Crippen molar-refractivity contribution in [2.45, 2.75) is 25.3 Å². The third-order valence-corrected chi connectivity index (χ3v) is 6.75. The fourth-order valence-corrected chi connectivity index (χ4v) is 4.68. The van der Waals surface area contributed by atoms with Gasteiger partial charge in [-0.05, 0) is 60.7 Å². The molecule has 1 N–H and O–H groups in total. The van der Waals surface area contributed by atoms with Crippen LogP contribution in [0.25, 0.3) is 10.9 Å². The molecular weight excluding hydrogens is 430 g/mol. The van der Waals surface area contributed by atoms with Crippen LogP contribution < -0.4 is 15.0 Å². The lowest BCUT2D eigenvalue weighted by molar-refractivity contribution is -0.124. The van der Waals surface area contributed by atoms with Gasteiger partial charge < -0.3 is 15.0 Å². The fraction of sp³-hybridized carbons (Fsp3) is 0.346. The van der Waals surface area contributed by atoms with Gasteiger partial charge in [-0.1, -0.05) is 12.1 Å². The van der Waals surface area contributed by atoms with E-state index in [2.05, 4.69) is 27.4 Å². The Morgan fingerprint density at radius 1 is 1.06 bits per heavy atom. The van der Waals surface area contributed by atoms with Gasteiger partial charge in [0, 0.05) is 37.3 Å². The van der Waals surface area contributed by atoms with E-state index in [9.17, 15) is 9.59 Å². The molecule has 2 amide bonds. The van der Waals surface area contributed by atoms with Crippen LogP contribution in [0, 0.1) is 0 Å². The summed E-state index contributed by atoms with van der Waals surface area (Å²) in [6.45, 7) is 3.93. The Balaban J connectivity index is 1.11. The van der Waals surface area contributed by atoms with Gasteiger partial charge in [0.25, 0.3) is 5.91 Å². The van der Waals surface area contributed by atoms with Gasteiger partial charge >= 0.3 is 0 Å². The topological polar surface area (TPSA) is 79.7 Å². The summed E-state index contributed by atoms with van der Waals surface area (Å²) in [6.07, 6.45) is 6.19. The molecule has 0 radical (unpaired) electrons. The summed E-state index contributed by atoms with van der Waals surface area (Å²) < 4.78 is 7.86. The first-order chi connectivity index (χ1) is 16.6. The zero-order chi connectivity index (χ0) is 23.1. The number of anilines is 1. The van der Waals surface area contributed by atoms with Gasteiger partial charge in [-0.15, -0.1) is 0 Å². The van der Waals surface area contributed by atoms with Crippen molar-refractivity contribution in [2.75, 3.05) is 37.6 Å². The predicted molar refractivity (Wildman–Crippen MR) is 129 cm³/mol. The molecule has 2 aliphatic heterocycles. The van der Waals surface area contributed by atoms with Gasteiger partial charge in [-0.25, -0.2) is 0 Å². The van der Waals surface area contributed by atoms with E-state index in [0.29, 0.717) is 43.6 Å². The molecule has 8 nitrogen and oxygen atoms in total. The van der Waals surface area contributed by atoms with Crippen molar-refractivity contribution in [2.24, 2.45) is 0 Å². The highest BCUT2D eigenvalue weighted by atomic mass is 16.5. The van der Waals surface area contributed by atoms with Crippen molar-refractivity contribution in [1.29, 1.82) is 0 Å². The number of rotatable bonds is 7. The first-order valence-corrected chi connectivity index (χ1v) is 11.9. The molecule has 1 saturated heterocycles. The zero-order valence-electron chi connectivity index (χ0n) is 18.9. The number of amides is 2. The van der Waals surface area contributed by atoms with Crippen LogP contribution in [0.5, 0.6) is 5.75 Å². The highest BCUT2D eigenvalue weighted by Gasteiger charge is 2.28. The average Bonchev–Trinajstić information content (AvgIpc) is 3.53. The highest BCUT2D eigenvalue weighted by Crippen LogP contribution is 2.40. The van der Waals surface area contributed by atoms with Crippen LogP contribution in [0.15, 0.2) is 60.5 Å². The first kappa shape index (κ1) is 20.9. The molecule has 2 fully saturated rings. The van der Waals surface area contributed by atoms with E-state index in [1.807, 2.05) is 47.3 Å². The Kier molecular flexibility index (Phi) is 5.30. The van der Waals surface area contributed by atoms with Crippen molar-refractivity contribution >= 4 is 28.4 Å². The molecule has 2 aromatic carbocycles. The van der Waals surface area contributed by atoms with E-state index in [1.165, 1.54) is 18.4 Å². The standard InChI is InChI=1S/C26H27N5O3/c32-25-17-29(12-10-27-25)13-14-31-23-8-5-21(15-20(23)16-28-31)30-11-9-24(26(30)33)34-22-6-3-19(4-7-22)18-1-2-18/h3-9,15-16,18H,1-2,10-14,17H2,(H,27,32). The maximum atomic E-state index is 13.0. The van der Waals surface area contributed by atoms with Crippen LogP contribution in [0.3, 0.4) is 0 Å². The van der Waals surface area contributed by atoms with Crippen LogP contribution in [-0.4, -0.2) is 59.2 Å². The van der Waals surface area contributed by atoms with Crippen molar-refractivity contribution in [3.8, 4) is 5.75 Å². The number of carbonyl (C=O) groups excluding carboxylic acids is 2. The van der Waals surface area contributed by atoms with Crippen molar-refractivity contribution in [1.82, 2.24) is 20.0 Å². The van der Waals surface area contributed by atoms with Gasteiger partial charge in [0.15, 0.2) is 5.76 Å². The van der Waals surface area contributed by atoms with E-state index >= 15 is 0 Å². The summed E-state index contributed by atoms with van der Waals surface area (Å²) in [4.78, 5) is 28.5. The number of carbonyl (C=O) groups is 2. The van der Waals surface area contributed by atoms with Gasteiger partial charge in [0.1, 0.15) is 5.75 Å². The van der Waals surface area contributed by atoms with Crippen LogP contribution >= 0.6 is 0 Å². The number of nitrogens with zero attached hydrogens (tertiary/aromatic N) is 4. The lowest BCUT2D eigenvalue weighted by atomic mass is 10.1. The third-order valence-electron chi connectivity index (χ3n) is 6.75. The molecule has 3 aliphatic rings. The molecule has 34 heavy (non-hydrogen) atoms. The lowest BCUT2D eigenvalue weighted by Crippen LogP contribution is -2.48. The second-order valence-electron chi connectivity index (χ2n) is 9.17. The fourth-order valence-electron chi connectivity index (χ4n) is 4.68. The van der Waals surface area contributed by atoms with Crippen LogP contribution in [0.4, 0.5) is 5.69 Å². The molecule has 174 valence electrons. The molecule has 3 aromatic rings. The lowest BCUT2D eigenvalue weighted by Gasteiger charge is -2.26. The van der Waals surface area contributed by atoms with Gasteiger partial charge in [0.2, 0.25) is 5.91 Å². The minimum Gasteiger partial charge on any atom is -0.452 e. The monoisotopic (exact) mass is 457 g/mol. The number of hydrogen-bond donors (Lipinski definition) is 1. The summed E-state index contributed by atoms with van der Waals surface area (Å²) >= 11 is 0. The number of ether oxygens (including phenoxy) is 1. The van der Waals surface area contributed by atoms with Gasteiger partial charge in [-0.2, -0.15) is 5.10 Å². The average molecular weight is 458 g/mol. The molecule has 0 atom stereocenters. The van der Waals surface area contributed by atoms with Gasteiger partial charge in [0.05, 0.1) is 24.8 Å². The molecule has 0 spiro atoms. The Bertz CT molecular complexity index is 1280. The summed E-state index contributed by atoms with van der Waals surface area (Å²) in [5, 5.41) is 8.35. The second-order valence-corrected chi connectivity index (χ2v) is 9.17. The van der Waals surface area contributed by atoms with E-state index in [-0.39, 0.29) is 11.8 Å². The van der Waals surface area contributed by atoms with Crippen LogP contribution in [0.1, 0.15) is 24.3 Å². The molecule has 0 bridgehead atoms. The van der Waals surface area contributed by atoms with Crippen LogP contribution in [0.2, 0.25) is 0 Å². The predicted octanol–water partition coefficient (Wildman–Crippen LogP) is 2.66. The minimum absolute atomic E-state index is 0.0729. The largest absolute Gasteiger partial charge is 0.452 e. The molecule has 0 unspecified atom stereocenters. The Labute approximate surface area is 197 Å². The summed E-state index contributed by atoms with van der Waals surface area (Å²) in [5.41, 5.74) is 3.18. The number of fused-ring (bicyclic) bond motifs is 1. The summed E-state index contributed by atoms with van der Waals surface area (Å²) in [6, 6.07) is 14.0. The van der Waals surface area contributed by atoms with Gasteiger partial charge in [-0.3, -0.25) is 19.2 Å². The molecule has 1 saturated carbocycles. The smallest absolute Gasteiger partial charge is 0.294 e. The maximum absolute atomic E-state index is 13.0.